The number of aliphatic hydroxyl groups excluding tert-OH is 1. The SMILES string of the molecule is O=S1(=O)CC(O)C(NCCc2ccc(Cl)cc2Cl)C1. The Labute approximate surface area is 122 Å². The standard InChI is InChI=1S/C12H15Cl2NO3S/c13-9-2-1-8(10(14)5-9)3-4-15-11-6-19(17,18)7-12(11)16/h1-2,5,11-12,15-16H,3-4,6-7H2. The van der Waals surface area contributed by atoms with E-state index >= 15 is 0 Å². The van der Waals surface area contributed by atoms with E-state index < -0.39 is 22.0 Å². The number of hydrogen-bond donors (Lipinski definition) is 2. The highest BCUT2D eigenvalue weighted by molar-refractivity contribution is 7.91. The minimum absolute atomic E-state index is 0.0114. The Morgan fingerprint density at radius 2 is 2.05 bits per heavy atom. The van der Waals surface area contributed by atoms with Crippen LogP contribution >= 0.6 is 23.2 Å². The highest BCUT2D eigenvalue weighted by atomic mass is 35.5. The number of benzene rings is 1. The fourth-order valence-corrected chi connectivity index (χ4v) is 4.42. The van der Waals surface area contributed by atoms with Gasteiger partial charge in [0.25, 0.3) is 0 Å². The molecule has 0 radical (unpaired) electrons. The Balaban J connectivity index is 1.87. The van der Waals surface area contributed by atoms with E-state index in [1.165, 1.54) is 0 Å². The molecule has 1 aromatic rings. The van der Waals surface area contributed by atoms with Crippen LogP contribution in [-0.2, 0) is 16.3 Å². The molecule has 0 aromatic heterocycles. The zero-order valence-corrected chi connectivity index (χ0v) is 12.5. The lowest BCUT2D eigenvalue weighted by Crippen LogP contribution is -2.39. The van der Waals surface area contributed by atoms with E-state index in [1.807, 2.05) is 6.07 Å². The molecule has 4 nitrogen and oxygen atoms in total. The number of sulfone groups is 1. The maximum atomic E-state index is 11.3. The van der Waals surface area contributed by atoms with Gasteiger partial charge in [-0.15, -0.1) is 0 Å². The molecular formula is C12H15Cl2NO3S. The predicted octanol–water partition coefficient (Wildman–Crippen LogP) is 1.28. The first-order valence-electron chi connectivity index (χ1n) is 5.93. The Bertz CT molecular complexity index is 562. The molecule has 0 amide bonds. The molecule has 2 N–H and O–H groups in total. The molecule has 1 heterocycles. The van der Waals surface area contributed by atoms with Crippen LogP contribution in [0.4, 0.5) is 0 Å². The van der Waals surface area contributed by atoms with Crippen molar-refractivity contribution in [1.29, 1.82) is 0 Å². The third kappa shape index (κ3) is 4.07. The summed E-state index contributed by atoms with van der Waals surface area (Å²) in [5.74, 6) is -0.172. The summed E-state index contributed by atoms with van der Waals surface area (Å²) in [6.07, 6.45) is -0.176. The minimum atomic E-state index is -3.11. The van der Waals surface area contributed by atoms with Crippen LogP contribution in [0.5, 0.6) is 0 Å². The average molecular weight is 324 g/mol. The molecular weight excluding hydrogens is 309 g/mol. The first kappa shape index (κ1) is 15.1. The third-order valence-corrected chi connectivity index (χ3v) is 5.44. The maximum Gasteiger partial charge on any atom is 0.154 e. The van der Waals surface area contributed by atoms with Gasteiger partial charge in [-0.2, -0.15) is 0 Å². The van der Waals surface area contributed by atoms with E-state index in [4.69, 9.17) is 23.2 Å². The van der Waals surface area contributed by atoms with Crippen molar-refractivity contribution in [2.75, 3.05) is 18.1 Å². The van der Waals surface area contributed by atoms with Gasteiger partial charge in [-0.25, -0.2) is 8.42 Å². The number of nitrogens with one attached hydrogen (secondary N) is 1. The van der Waals surface area contributed by atoms with Gasteiger partial charge in [0.05, 0.1) is 17.6 Å². The van der Waals surface area contributed by atoms with E-state index in [2.05, 4.69) is 5.32 Å². The van der Waals surface area contributed by atoms with Gasteiger partial charge in [-0.3, -0.25) is 0 Å². The largest absolute Gasteiger partial charge is 0.390 e. The topological polar surface area (TPSA) is 66.4 Å². The Hall–Kier alpha value is -0.330. The average Bonchev–Trinajstić information content (AvgIpc) is 2.55. The maximum absolute atomic E-state index is 11.3. The number of rotatable bonds is 4. The van der Waals surface area contributed by atoms with Gasteiger partial charge in [0.1, 0.15) is 0 Å². The molecule has 0 aliphatic carbocycles. The van der Waals surface area contributed by atoms with E-state index in [1.54, 1.807) is 12.1 Å². The molecule has 1 fully saturated rings. The first-order chi connectivity index (χ1) is 8.87. The lowest BCUT2D eigenvalue weighted by Gasteiger charge is -2.15. The van der Waals surface area contributed by atoms with Crippen molar-refractivity contribution < 1.29 is 13.5 Å². The molecule has 2 rings (SSSR count). The fourth-order valence-electron chi connectivity index (χ4n) is 2.14. The van der Waals surface area contributed by atoms with Gasteiger partial charge < -0.3 is 10.4 Å². The number of aliphatic hydroxyl groups is 1. The molecule has 19 heavy (non-hydrogen) atoms. The van der Waals surface area contributed by atoms with Crippen molar-refractivity contribution >= 4 is 33.0 Å². The molecule has 0 spiro atoms. The molecule has 7 heteroatoms. The van der Waals surface area contributed by atoms with Gasteiger partial charge in [-0.1, -0.05) is 29.3 Å². The summed E-state index contributed by atoms with van der Waals surface area (Å²) in [6, 6.07) is 4.88. The minimum Gasteiger partial charge on any atom is -0.390 e. The first-order valence-corrected chi connectivity index (χ1v) is 8.51. The fraction of sp³-hybridized carbons (Fsp3) is 0.500. The van der Waals surface area contributed by atoms with Crippen LogP contribution in [0.2, 0.25) is 10.0 Å². The third-order valence-electron chi connectivity index (χ3n) is 3.14. The molecule has 1 aromatic carbocycles. The van der Waals surface area contributed by atoms with Crippen LogP contribution in [0.25, 0.3) is 0 Å². The zero-order valence-electron chi connectivity index (χ0n) is 10.1. The lowest BCUT2D eigenvalue weighted by molar-refractivity contribution is 0.166. The highest BCUT2D eigenvalue weighted by Gasteiger charge is 2.35. The van der Waals surface area contributed by atoms with E-state index in [9.17, 15) is 13.5 Å². The van der Waals surface area contributed by atoms with Crippen LogP contribution < -0.4 is 5.32 Å². The van der Waals surface area contributed by atoms with Gasteiger partial charge in [0, 0.05) is 16.1 Å². The van der Waals surface area contributed by atoms with Crippen LogP contribution in [0.3, 0.4) is 0 Å². The van der Waals surface area contributed by atoms with E-state index in [0.29, 0.717) is 23.0 Å². The second kappa shape index (κ2) is 5.97. The van der Waals surface area contributed by atoms with Crippen LogP contribution in [0, 0.1) is 0 Å². The van der Waals surface area contributed by atoms with Crippen molar-refractivity contribution in [2.24, 2.45) is 0 Å². The van der Waals surface area contributed by atoms with Gasteiger partial charge in [-0.05, 0) is 30.7 Å². The van der Waals surface area contributed by atoms with Crippen molar-refractivity contribution in [3.63, 3.8) is 0 Å². The van der Waals surface area contributed by atoms with E-state index in [-0.39, 0.29) is 11.5 Å². The molecule has 0 bridgehead atoms. The Kier molecular flexibility index (Phi) is 4.74. The molecule has 106 valence electrons. The van der Waals surface area contributed by atoms with Gasteiger partial charge >= 0.3 is 0 Å². The van der Waals surface area contributed by atoms with Crippen LogP contribution in [0.1, 0.15) is 5.56 Å². The van der Waals surface area contributed by atoms with Crippen molar-refractivity contribution in [2.45, 2.75) is 18.6 Å². The summed E-state index contributed by atoms with van der Waals surface area (Å²) in [7, 11) is -3.11. The molecule has 1 aliphatic heterocycles. The van der Waals surface area contributed by atoms with Crippen molar-refractivity contribution in [1.82, 2.24) is 5.32 Å². The van der Waals surface area contributed by atoms with Gasteiger partial charge in [0.15, 0.2) is 9.84 Å². The molecule has 2 atom stereocenters. The Morgan fingerprint density at radius 3 is 2.63 bits per heavy atom. The Morgan fingerprint density at radius 1 is 1.32 bits per heavy atom. The normalized spacial score (nSPS) is 25.6. The van der Waals surface area contributed by atoms with Crippen molar-refractivity contribution in [3.05, 3.63) is 33.8 Å². The number of halogens is 2. The summed E-state index contributed by atoms with van der Waals surface area (Å²) in [5, 5.41) is 13.9. The van der Waals surface area contributed by atoms with Crippen molar-refractivity contribution in [3.8, 4) is 0 Å². The monoisotopic (exact) mass is 323 g/mol. The quantitative estimate of drug-likeness (QED) is 0.876. The smallest absolute Gasteiger partial charge is 0.154 e. The summed E-state index contributed by atoms with van der Waals surface area (Å²) in [4.78, 5) is 0. The molecule has 0 saturated carbocycles. The van der Waals surface area contributed by atoms with Gasteiger partial charge in [0.2, 0.25) is 0 Å². The summed E-state index contributed by atoms with van der Waals surface area (Å²) in [6.45, 7) is 0.554. The highest BCUT2D eigenvalue weighted by Crippen LogP contribution is 2.21. The zero-order chi connectivity index (χ0) is 14.0. The lowest BCUT2D eigenvalue weighted by atomic mass is 10.1. The van der Waals surface area contributed by atoms with Crippen LogP contribution in [0.15, 0.2) is 18.2 Å². The summed E-state index contributed by atoms with van der Waals surface area (Å²) < 4.78 is 22.7. The van der Waals surface area contributed by atoms with Crippen LogP contribution in [-0.4, -0.2) is 43.7 Å². The predicted molar refractivity (Wildman–Crippen MR) is 76.6 cm³/mol. The van der Waals surface area contributed by atoms with E-state index in [0.717, 1.165) is 5.56 Å². The summed E-state index contributed by atoms with van der Waals surface area (Å²) in [5.41, 5.74) is 0.939. The second-order valence-electron chi connectivity index (χ2n) is 4.69. The molecule has 1 saturated heterocycles. The number of hydrogen-bond acceptors (Lipinski definition) is 4. The summed E-state index contributed by atoms with van der Waals surface area (Å²) >= 11 is 11.8. The molecule has 1 aliphatic rings. The molecule has 2 unspecified atom stereocenters. The second-order valence-corrected chi connectivity index (χ2v) is 7.69.